The number of carbonyl (C=O) groups is 2. The first-order valence-electron chi connectivity index (χ1n) is 8.27. The molecule has 3 aromatic rings. The van der Waals surface area contributed by atoms with Gasteiger partial charge in [0.1, 0.15) is 11.8 Å². The monoisotopic (exact) mass is 338 g/mol. The van der Waals surface area contributed by atoms with Crippen LogP contribution in [0.5, 0.6) is 0 Å². The minimum Gasteiger partial charge on any atom is -0.467 e. The number of nitrogens with zero attached hydrogens (tertiary/aromatic N) is 2. The molecule has 7 heteroatoms. The number of nitrogens with one attached hydrogen (secondary N) is 2. The number of hydrogen-bond acceptors (Lipinski definition) is 4. The number of benzene rings is 1. The number of aromatic amines is 1. The van der Waals surface area contributed by atoms with E-state index in [0.29, 0.717) is 36.4 Å². The van der Waals surface area contributed by atoms with E-state index in [1.54, 1.807) is 35.6 Å². The van der Waals surface area contributed by atoms with Gasteiger partial charge in [0.05, 0.1) is 30.1 Å². The van der Waals surface area contributed by atoms with E-state index >= 15 is 0 Å². The van der Waals surface area contributed by atoms with Gasteiger partial charge in [0.15, 0.2) is 0 Å². The number of furan rings is 1. The summed E-state index contributed by atoms with van der Waals surface area (Å²) in [6.07, 6.45) is 4.72. The third kappa shape index (κ3) is 2.88. The Hall–Kier alpha value is -3.09. The summed E-state index contributed by atoms with van der Waals surface area (Å²) in [6, 6.07) is 8.61. The number of hydrogen-bond donors (Lipinski definition) is 2. The molecule has 1 aliphatic heterocycles. The van der Waals surface area contributed by atoms with Crippen LogP contribution >= 0.6 is 0 Å². The topological polar surface area (TPSA) is 91.2 Å². The average Bonchev–Trinajstić information content (AvgIpc) is 3.39. The Labute approximate surface area is 144 Å². The van der Waals surface area contributed by atoms with Crippen LogP contribution in [0.3, 0.4) is 0 Å². The predicted molar refractivity (Wildman–Crippen MR) is 90.7 cm³/mol. The number of amides is 2. The Balaban J connectivity index is 1.51. The molecule has 3 heterocycles. The van der Waals surface area contributed by atoms with Crippen molar-refractivity contribution >= 4 is 22.7 Å². The van der Waals surface area contributed by atoms with Crippen molar-refractivity contribution < 1.29 is 14.0 Å². The maximum absolute atomic E-state index is 13.0. The molecule has 1 aromatic carbocycles. The van der Waals surface area contributed by atoms with E-state index in [2.05, 4.69) is 15.5 Å². The average molecular weight is 338 g/mol. The minimum atomic E-state index is -0.458. The van der Waals surface area contributed by atoms with Gasteiger partial charge in [-0.15, -0.1) is 0 Å². The maximum Gasteiger partial charge on any atom is 0.256 e. The molecule has 1 atom stereocenters. The van der Waals surface area contributed by atoms with E-state index in [9.17, 15) is 9.59 Å². The second kappa shape index (κ2) is 6.43. The van der Waals surface area contributed by atoms with Crippen molar-refractivity contribution in [3.63, 3.8) is 0 Å². The summed E-state index contributed by atoms with van der Waals surface area (Å²) < 4.78 is 5.22. The lowest BCUT2D eigenvalue weighted by atomic mass is 10.1. The smallest absolute Gasteiger partial charge is 0.256 e. The Morgan fingerprint density at radius 1 is 1.32 bits per heavy atom. The highest BCUT2D eigenvalue weighted by atomic mass is 16.3. The molecule has 1 aliphatic rings. The van der Waals surface area contributed by atoms with Gasteiger partial charge < -0.3 is 14.6 Å². The first-order chi connectivity index (χ1) is 12.2. The van der Waals surface area contributed by atoms with Gasteiger partial charge in [0.25, 0.3) is 5.91 Å². The van der Waals surface area contributed by atoms with Crippen LogP contribution in [0, 0.1) is 0 Å². The van der Waals surface area contributed by atoms with Crippen LogP contribution in [0.4, 0.5) is 0 Å². The summed E-state index contributed by atoms with van der Waals surface area (Å²) in [5.74, 6) is 0.385. The van der Waals surface area contributed by atoms with Crippen molar-refractivity contribution in [2.45, 2.75) is 25.4 Å². The molecule has 1 fully saturated rings. The second-order valence-electron chi connectivity index (χ2n) is 6.09. The zero-order valence-electron chi connectivity index (χ0n) is 13.6. The lowest BCUT2D eigenvalue weighted by Crippen LogP contribution is -2.45. The molecular weight excluding hydrogens is 320 g/mol. The second-order valence-corrected chi connectivity index (χ2v) is 6.09. The molecule has 0 radical (unpaired) electrons. The predicted octanol–water partition coefficient (Wildman–Crippen LogP) is 2.08. The summed E-state index contributed by atoms with van der Waals surface area (Å²) in [5.41, 5.74) is 1.25. The zero-order chi connectivity index (χ0) is 17.2. The molecule has 0 unspecified atom stereocenters. The lowest BCUT2D eigenvalue weighted by Gasteiger charge is -2.24. The highest BCUT2D eigenvalue weighted by Crippen LogP contribution is 2.24. The molecule has 0 bridgehead atoms. The Bertz CT molecular complexity index is 900. The van der Waals surface area contributed by atoms with E-state index in [-0.39, 0.29) is 11.8 Å². The third-order valence-corrected chi connectivity index (χ3v) is 4.54. The van der Waals surface area contributed by atoms with Crippen molar-refractivity contribution in [2.24, 2.45) is 0 Å². The van der Waals surface area contributed by atoms with Crippen LogP contribution in [0.15, 0.2) is 47.2 Å². The molecule has 7 nitrogen and oxygen atoms in total. The maximum atomic E-state index is 13.0. The fourth-order valence-corrected chi connectivity index (χ4v) is 3.29. The summed E-state index contributed by atoms with van der Waals surface area (Å²) in [7, 11) is 0. The standard InChI is InChI=1S/C18H18N4O3/c23-17(19-11-13-5-3-9-25-13)15-7-2-8-22(15)18(24)14-6-1-4-12-10-20-21-16(12)14/h1,3-6,9-10,15H,2,7-8,11H2,(H,19,23)(H,20,21)/t15-/m0/s1. The molecule has 1 saturated heterocycles. The molecule has 0 aliphatic carbocycles. The normalized spacial score (nSPS) is 17.1. The van der Waals surface area contributed by atoms with Crippen LogP contribution in [0.1, 0.15) is 29.0 Å². The van der Waals surface area contributed by atoms with Gasteiger partial charge in [-0.2, -0.15) is 5.10 Å². The Kier molecular flexibility index (Phi) is 3.97. The van der Waals surface area contributed by atoms with Gasteiger partial charge in [-0.3, -0.25) is 14.7 Å². The van der Waals surface area contributed by atoms with E-state index in [1.165, 1.54) is 0 Å². The summed E-state index contributed by atoms with van der Waals surface area (Å²) in [5, 5.41) is 10.6. The van der Waals surface area contributed by atoms with Crippen LogP contribution in [0.25, 0.3) is 10.9 Å². The highest BCUT2D eigenvalue weighted by Gasteiger charge is 2.35. The van der Waals surface area contributed by atoms with E-state index in [0.717, 1.165) is 11.8 Å². The van der Waals surface area contributed by atoms with Gasteiger partial charge in [-0.05, 0) is 31.0 Å². The van der Waals surface area contributed by atoms with Crippen molar-refractivity contribution in [1.82, 2.24) is 20.4 Å². The molecule has 4 rings (SSSR count). The van der Waals surface area contributed by atoms with Gasteiger partial charge >= 0.3 is 0 Å². The van der Waals surface area contributed by atoms with Crippen molar-refractivity contribution in [1.29, 1.82) is 0 Å². The highest BCUT2D eigenvalue weighted by molar-refractivity contribution is 6.06. The van der Waals surface area contributed by atoms with E-state index < -0.39 is 6.04 Å². The third-order valence-electron chi connectivity index (χ3n) is 4.54. The number of H-pyrrole nitrogens is 1. The number of fused-ring (bicyclic) bond motifs is 1. The molecule has 2 amide bonds. The van der Waals surface area contributed by atoms with Gasteiger partial charge in [-0.1, -0.05) is 12.1 Å². The number of aromatic nitrogens is 2. The molecule has 0 saturated carbocycles. The van der Waals surface area contributed by atoms with Crippen molar-refractivity contribution in [3.8, 4) is 0 Å². The van der Waals surface area contributed by atoms with Gasteiger partial charge in [0.2, 0.25) is 5.91 Å². The van der Waals surface area contributed by atoms with Gasteiger partial charge in [0, 0.05) is 11.9 Å². The first-order valence-corrected chi connectivity index (χ1v) is 8.27. The SMILES string of the molecule is O=C(NCc1ccco1)[C@@H]1CCCN1C(=O)c1cccc2cn[nH]c12. The van der Waals surface area contributed by atoms with Gasteiger partial charge in [-0.25, -0.2) is 0 Å². The van der Waals surface area contributed by atoms with Crippen LogP contribution < -0.4 is 5.32 Å². The molecule has 2 N–H and O–H groups in total. The largest absolute Gasteiger partial charge is 0.467 e. The molecule has 0 spiro atoms. The Morgan fingerprint density at radius 2 is 2.24 bits per heavy atom. The van der Waals surface area contributed by atoms with Crippen LogP contribution in [-0.2, 0) is 11.3 Å². The first kappa shape index (κ1) is 15.4. The quantitative estimate of drug-likeness (QED) is 0.762. The molecule has 25 heavy (non-hydrogen) atoms. The summed E-state index contributed by atoms with van der Waals surface area (Å²) >= 11 is 0. The minimum absolute atomic E-state index is 0.148. The zero-order valence-corrected chi connectivity index (χ0v) is 13.6. The van der Waals surface area contributed by atoms with E-state index in [4.69, 9.17) is 4.42 Å². The summed E-state index contributed by atoms with van der Waals surface area (Å²) in [6.45, 7) is 0.892. The molecule has 2 aromatic heterocycles. The van der Waals surface area contributed by atoms with Crippen molar-refractivity contribution in [2.75, 3.05) is 6.54 Å². The van der Waals surface area contributed by atoms with Crippen LogP contribution in [-0.4, -0.2) is 39.5 Å². The fourth-order valence-electron chi connectivity index (χ4n) is 3.29. The lowest BCUT2D eigenvalue weighted by molar-refractivity contribution is -0.125. The van der Waals surface area contributed by atoms with Crippen molar-refractivity contribution in [3.05, 3.63) is 54.1 Å². The fraction of sp³-hybridized carbons (Fsp3) is 0.278. The molecular formula is C18H18N4O3. The van der Waals surface area contributed by atoms with Crippen LogP contribution in [0.2, 0.25) is 0 Å². The van der Waals surface area contributed by atoms with E-state index in [1.807, 2.05) is 12.1 Å². The number of rotatable bonds is 4. The number of para-hydroxylation sites is 1. The number of likely N-dealkylation sites (tertiary alicyclic amines) is 1. The summed E-state index contributed by atoms with van der Waals surface area (Å²) in [4.78, 5) is 27.2. The number of carbonyl (C=O) groups excluding carboxylic acids is 2. The molecule has 128 valence electrons. The Morgan fingerprint density at radius 3 is 3.08 bits per heavy atom.